The molecule has 0 amide bonds. The minimum absolute atomic E-state index is 0.126. The minimum Gasteiger partial charge on any atom is -0.465 e. The van der Waals surface area contributed by atoms with E-state index in [1.807, 2.05) is 30.3 Å². The van der Waals surface area contributed by atoms with E-state index < -0.39 is 11.9 Å². The monoisotopic (exact) mass is 283 g/mol. The largest absolute Gasteiger partial charge is 0.465 e. The molecule has 21 heavy (non-hydrogen) atoms. The van der Waals surface area contributed by atoms with Gasteiger partial charge in [0.2, 0.25) is 0 Å². The number of methoxy groups -OCH3 is 2. The molecule has 0 unspecified atom stereocenters. The summed E-state index contributed by atoms with van der Waals surface area (Å²) in [4.78, 5) is 26.1. The zero-order valence-electron chi connectivity index (χ0n) is 11.6. The second kappa shape index (κ2) is 6.44. The summed E-state index contributed by atoms with van der Waals surface area (Å²) >= 11 is 0. The predicted molar refractivity (Wildman–Crippen MR) is 75.9 cm³/mol. The smallest absolute Gasteiger partial charge is 0.355 e. The van der Waals surface area contributed by atoms with Crippen molar-refractivity contribution in [1.82, 2.24) is 4.98 Å². The van der Waals surface area contributed by atoms with Gasteiger partial charge in [0.1, 0.15) is 5.69 Å². The molecule has 1 aromatic carbocycles. The summed E-state index contributed by atoms with van der Waals surface area (Å²) in [5.74, 6) is 4.56. The number of H-pyrrole nitrogens is 1. The molecule has 2 rings (SSSR count). The van der Waals surface area contributed by atoms with Crippen LogP contribution in [0.4, 0.5) is 0 Å². The number of nitrogens with one attached hydrogen (secondary N) is 1. The minimum atomic E-state index is -0.595. The highest BCUT2D eigenvalue weighted by Gasteiger charge is 2.21. The van der Waals surface area contributed by atoms with Crippen LogP contribution in [-0.2, 0) is 9.47 Å². The fraction of sp³-hybridized carbons (Fsp3) is 0.125. The number of hydrogen-bond acceptors (Lipinski definition) is 4. The van der Waals surface area contributed by atoms with Crippen molar-refractivity contribution in [3.8, 4) is 11.8 Å². The van der Waals surface area contributed by atoms with Crippen LogP contribution in [0, 0.1) is 11.8 Å². The summed E-state index contributed by atoms with van der Waals surface area (Å²) < 4.78 is 9.34. The molecule has 0 aliphatic rings. The molecule has 106 valence electrons. The first-order chi connectivity index (χ1) is 10.2. The maximum atomic E-state index is 11.7. The lowest BCUT2D eigenvalue weighted by molar-refractivity contribution is 0.0593. The summed E-state index contributed by atoms with van der Waals surface area (Å²) in [6.07, 6.45) is 1.38. The molecule has 0 fully saturated rings. The Hall–Kier alpha value is -3.00. The van der Waals surface area contributed by atoms with Gasteiger partial charge in [-0.05, 0) is 12.1 Å². The van der Waals surface area contributed by atoms with Crippen LogP contribution in [0.2, 0.25) is 0 Å². The molecule has 0 aliphatic carbocycles. The summed E-state index contributed by atoms with van der Waals surface area (Å²) in [6, 6.07) is 9.24. The number of ether oxygens (including phenoxy) is 2. The van der Waals surface area contributed by atoms with Crippen LogP contribution >= 0.6 is 0 Å². The first-order valence-corrected chi connectivity index (χ1v) is 6.12. The molecular weight excluding hydrogens is 270 g/mol. The zero-order chi connectivity index (χ0) is 15.2. The Morgan fingerprint density at radius 3 is 2.29 bits per heavy atom. The van der Waals surface area contributed by atoms with Crippen molar-refractivity contribution in [2.75, 3.05) is 14.2 Å². The van der Waals surface area contributed by atoms with Crippen molar-refractivity contribution in [2.45, 2.75) is 0 Å². The molecule has 0 saturated carbocycles. The highest BCUT2D eigenvalue weighted by molar-refractivity contribution is 5.99. The number of hydrogen-bond donors (Lipinski definition) is 1. The van der Waals surface area contributed by atoms with Crippen molar-refractivity contribution in [3.63, 3.8) is 0 Å². The van der Waals surface area contributed by atoms with Gasteiger partial charge in [0, 0.05) is 11.8 Å². The van der Waals surface area contributed by atoms with Gasteiger partial charge in [-0.2, -0.15) is 0 Å². The van der Waals surface area contributed by atoms with Crippen molar-refractivity contribution >= 4 is 11.9 Å². The van der Waals surface area contributed by atoms with Gasteiger partial charge in [0.05, 0.1) is 25.3 Å². The first-order valence-electron chi connectivity index (χ1n) is 6.12. The Morgan fingerprint density at radius 2 is 1.67 bits per heavy atom. The molecule has 0 atom stereocenters. The van der Waals surface area contributed by atoms with Gasteiger partial charge >= 0.3 is 11.9 Å². The summed E-state index contributed by atoms with van der Waals surface area (Å²) in [6.45, 7) is 0. The number of benzene rings is 1. The highest BCUT2D eigenvalue weighted by atomic mass is 16.5. The van der Waals surface area contributed by atoms with Crippen molar-refractivity contribution in [3.05, 3.63) is 58.9 Å². The quantitative estimate of drug-likeness (QED) is 0.676. The molecule has 0 bridgehead atoms. The lowest BCUT2D eigenvalue weighted by Crippen LogP contribution is -2.06. The SMILES string of the molecule is COC(=O)c1c[nH]c(C(=O)OC)c1C#Cc1ccccc1. The van der Waals surface area contributed by atoms with Crippen LogP contribution in [0.1, 0.15) is 32.0 Å². The number of esters is 2. The molecule has 0 spiro atoms. The number of rotatable bonds is 2. The van der Waals surface area contributed by atoms with Crippen LogP contribution in [0.3, 0.4) is 0 Å². The topological polar surface area (TPSA) is 68.4 Å². The molecule has 1 aromatic heterocycles. The van der Waals surface area contributed by atoms with Gasteiger partial charge in [-0.1, -0.05) is 30.0 Å². The molecule has 2 aromatic rings. The fourth-order valence-corrected chi connectivity index (χ4v) is 1.74. The maximum Gasteiger partial charge on any atom is 0.355 e. The maximum absolute atomic E-state index is 11.7. The Balaban J connectivity index is 2.49. The van der Waals surface area contributed by atoms with Crippen LogP contribution in [0.25, 0.3) is 0 Å². The summed E-state index contributed by atoms with van der Waals surface area (Å²) in [5, 5.41) is 0. The molecule has 0 radical (unpaired) electrons. The Morgan fingerprint density at radius 1 is 1.00 bits per heavy atom. The van der Waals surface area contributed by atoms with Crippen LogP contribution in [-0.4, -0.2) is 31.1 Å². The van der Waals surface area contributed by atoms with E-state index in [1.165, 1.54) is 20.4 Å². The number of carbonyl (C=O) groups is 2. The Kier molecular flexibility index (Phi) is 4.42. The van der Waals surface area contributed by atoms with Gasteiger partial charge in [0.25, 0.3) is 0 Å². The number of aromatic amines is 1. The van der Waals surface area contributed by atoms with Gasteiger partial charge in [0.15, 0.2) is 0 Å². The third-order valence-electron chi connectivity index (χ3n) is 2.78. The number of carbonyl (C=O) groups excluding carboxylic acids is 2. The van der Waals surface area contributed by atoms with Crippen LogP contribution in [0.15, 0.2) is 36.5 Å². The molecular formula is C16H13NO4. The van der Waals surface area contributed by atoms with Gasteiger partial charge in [-0.25, -0.2) is 9.59 Å². The van der Waals surface area contributed by atoms with E-state index in [2.05, 4.69) is 26.3 Å². The molecule has 1 heterocycles. The molecule has 0 saturated heterocycles. The second-order valence-corrected chi connectivity index (χ2v) is 4.05. The van der Waals surface area contributed by atoms with Crippen molar-refractivity contribution in [2.24, 2.45) is 0 Å². The van der Waals surface area contributed by atoms with Crippen molar-refractivity contribution < 1.29 is 19.1 Å². The van der Waals surface area contributed by atoms with Crippen molar-refractivity contribution in [1.29, 1.82) is 0 Å². The average Bonchev–Trinajstić information content (AvgIpc) is 2.96. The normalized spacial score (nSPS) is 9.43. The summed E-state index contributed by atoms with van der Waals surface area (Å²) in [5.41, 5.74) is 1.35. The molecule has 5 nitrogen and oxygen atoms in total. The Bertz CT molecular complexity index is 686. The van der Waals surface area contributed by atoms with E-state index >= 15 is 0 Å². The van der Waals surface area contributed by atoms with E-state index in [0.29, 0.717) is 0 Å². The lowest BCUT2D eigenvalue weighted by atomic mass is 10.1. The van der Waals surface area contributed by atoms with Gasteiger partial charge in [-0.15, -0.1) is 0 Å². The van der Waals surface area contributed by atoms with E-state index in [0.717, 1.165) is 5.56 Å². The molecule has 5 heteroatoms. The predicted octanol–water partition coefficient (Wildman–Crippen LogP) is 1.99. The van der Waals surface area contributed by atoms with E-state index in [-0.39, 0.29) is 16.8 Å². The van der Waals surface area contributed by atoms with Crippen LogP contribution < -0.4 is 0 Å². The zero-order valence-corrected chi connectivity index (χ0v) is 11.6. The van der Waals surface area contributed by atoms with E-state index in [1.54, 1.807) is 0 Å². The fourth-order valence-electron chi connectivity index (χ4n) is 1.74. The molecule has 0 aliphatic heterocycles. The number of aromatic nitrogens is 1. The summed E-state index contributed by atoms with van der Waals surface area (Å²) in [7, 11) is 2.52. The third-order valence-corrected chi connectivity index (χ3v) is 2.78. The Labute approximate surface area is 121 Å². The highest BCUT2D eigenvalue weighted by Crippen LogP contribution is 2.15. The third kappa shape index (κ3) is 3.12. The standard InChI is InChI=1S/C16H13NO4/c1-20-15(18)13-10-17-14(16(19)21-2)12(13)9-8-11-6-4-3-5-7-11/h3-7,10,17H,1-2H3. The second-order valence-electron chi connectivity index (χ2n) is 4.05. The first kappa shape index (κ1) is 14.4. The van der Waals surface area contributed by atoms with E-state index in [9.17, 15) is 9.59 Å². The van der Waals surface area contributed by atoms with Gasteiger partial charge < -0.3 is 14.5 Å². The van der Waals surface area contributed by atoms with E-state index in [4.69, 9.17) is 0 Å². The van der Waals surface area contributed by atoms with Gasteiger partial charge in [-0.3, -0.25) is 0 Å². The van der Waals surface area contributed by atoms with Crippen LogP contribution in [0.5, 0.6) is 0 Å². The average molecular weight is 283 g/mol. The lowest BCUT2D eigenvalue weighted by Gasteiger charge is -1.99. The molecule has 1 N–H and O–H groups in total.